The smallest absolute Gasteiger partial charge is 0.322 e. The maximum absolute atomic E-state index is 12.0. The van der Waals surface area contributed by atoms with E-state index in [0.29, 0.717) is 24.5 Å². The van der Waals surface area contributed by atoms with Gasteiger partial charge in [0.25, 0.3) is 5.91 Å². The van der Waals surface area contributed by atoms with Gasteiger partial charge in [0.05, 0.1) is 4.88 Å². The quantitative estimate of drug-likeness (QED) is 0.760. The van der Waals surface area contributed by atoms with Gasteiger partial charge in [0.1, 0.15) is 10.7 Å². The number of piperidine rings is 1. The van der Waals surface area contributed by atoms with E-state index < -0.39 is 11.6 Å². The molecule has 0 unspecified atom stereocenters. The normalized spacial score (nSPS) is 19.6. The molecular formula is C17H17ClN4O2S2. The van der Waals surface area contributed by atoms with E-state index in [1.165, 1.54) is 0 Å². The molecule has 3 heterocycles. The zero-order valence-corrected chi connectivity index (χ0v) is 16.2. The first-order chi connectivity index (χ1) is 12.5. The number of thiazole rings is 1. The molecule has 2 aliphatic rings. The summed E-state index contributed by atoms with van der Waals surface area (Å²) in [5.74, 6) is -0.209. The van der Waals surface area contributed by atoms with Gasteiger partial charge >= 0.3 is 6.03 Å². The number of nitrogens with one attached hydrogen (secondary N) is 2. The van der Waals surface area contributed by atoms with E-state index in [-0.39, 0.29) is 5.91 Å². The first-order valence-electron chi connectivity index (χ1n) is 8.28. The van der Waals surface area contributed by atoms with E-state index in [1.54, 1.807) is 23.1 Å². The van der Waals surface area contributed by atoms with Crippen molar-refractivity contribution in [3.05, 3.63) is 40.4 Å². The third-order valence-electron chi connectivity index (χ3n) is 4.67. The Morgan fingerprint density at radius 2 is 1.96 bits per heavy atom. The third kappa shape index (κ3) is 3.59. The van der Waals surface area contributed by atoms with Gasteiger partial charge in [0.2, 0.25) is 0 Å². The van der Waals surface area contributed by atoms with Crippen LogP contribution in [-0.4, -0.2) is 40.5 Å². The summed E-state index contributed by atoms with van der Waals surface area (Å²) in [6, 6.07) is 9.69. The molecule has 0 atom stereocenters. The summed E-state index contributed by atoms with van der Waals surface area (Å²) in [7, 11) is 0. The van der Waals surface area contributed by atoms with E-state index in [4.69, 9.17) is 11.6 Å². The largest absolute Gasteiger partial charge is 0.323 e. The molecule has 136 valence electrons. The average Bonchev–Trinajstić information content (AvgIpc) is 3.10. The number of nitrogens with zero attached hydrogens (tertiary/aromatic N) is 2. The van der Waals surface area contributed by atoms with E-state index in [2.05, 4.69) is 20.5 Å². The Hall–Kier alpha value is -1.61. The van der Waals surface area contributed by atoms with Crippen molar-refractivity contribution >= 4 is 46.6 Å². The van der Waals surface area contributed by atoms with Crippen LogP contribution in [-0.2, 0) is 11.3 Å². The minimum atomic E-state index is -0.737. The molecule has 2 aliphatic heterocycles. The van der Waals surface area contributed by atoms with Crippen LogP contribution in [0.2, 0.25) is 5.15 Å². The number of amides is 3. The molecule has 2 fully saturated rings. The summed E-state index contributed by atoms with van der Waals surface area (Å²) in [4.78, 5) is 32.3. The standard InChI is InChI=1S/C17H17ClN4O2S2/c18-13-12(26-16(19-13)25-11-4-2-1-3-5-11)10-22-8-6-17(7-9-22)14(23)20-15(24)21-17/h1-5H,6-10H2,(H2,20,21,23,24). The van der Waals surface area contributed by atoms with Crippen LogP contribution in [0, 0.1) is 0 Å². The summed E-state index contributed by atoms with van der Waals surface area (Å²) in [5.41, 5.74) is -0.737. The van der Waals surface area contributed by atoms with Crippen LogP contribution in [0.3, 0.4) is 0 Å². The lowest BCUT2D eigenvalue weighted by molar-refractivity contribution is -0.125. The fourth-order valence-electron chi connectivity index (χ4n) is 3.22. The number of hydrogen-bond acceptors (Lipinski definition) is 6. The Morgan fingerprint density at radius 3 is 2.62 bits per heavy atom. The molecule has 2 N–H and O–H groups in total. The van der Waals surface area contributed by atoms with Crippen molar-refractivity contribution < 1.29 is 9.59 Å². The van der Waals surface area contributed by atoms with Gasteiger partial charge in [-0.3, -0.25) is 15.0 Å². The Morgan fingerprint density at radius 1 is 1.23 bits per heavy atom. The van der Waals surface area contributed by atoms with Gasteiger partial charge in [-0.1, -0.05) is 41.6 Å². The second-order valence-electron chi connectivity index (χ2n) is 6.38. The zero-order valence-electron chi connectivity index (χ0n) is 13.8. The number of imide groups is 1. The molecule has 26 heavy (non-hydrogen) atoms. The molecule has 1 spiro atoms. The molecule has 1 aromatic carbocycles. The number of likely N-dealkylation sites (tertiary alicyclic amines) is 1. The van der Waals surface area contributed by atoms with Crippen LogP contribution < -0.4 is 10.6 Å². The minimum absolute atomic E-state index is 0.209. The third-order valence-corrected chi connectivity index (χ3v) is 7.20. The number of urea groups is 1. The van der Waals surface area contributed by atoms with Crippen molar-refractivity contribution in [3.63, 3.8) is 0 Å². The summed E-state index contributed by atoms with van der Waals surface area (Å²) >= 11 is 9.54. The number of halogens is 1. The predicted molar refractivity (Wildman–Crippen MR) is 102 cm³/mol. The van der Waals surface area contributed by atoms with E-state index >= 15 is 0 Å². The van der Waals surface area contributed by atoms with Crippen molar-refractivity contribution in [1.29, 1.82) is 0 Å². The van der Waals surface area contributed by atoms with Crippen LogP contribution in [0.15, 0.2) is 39.6 Å². The van der Waals surface area contributed by atoms with Gasteiger partial charge in [-0.25, -0.2) is 9.78 Å². The second kappa shape index (κ2) is 7.19. The zero-order chi connectivity index (χ0) is 18.1. The topological polar surface area (TPSA) is 74.3 Å². The van der Waals surface area contributed by atoms with Gasteiger partial charge in [0.15, 0.2) is 4.34 Å². The first-order valence-corrected chi connectivity index (χ1v) is 10.3. The van der Waals surface area contributed by atoms with Crippen LogP contribution in [0.1, 0.15) is 17.7 Å². The molecule has 0 aliphatic carbocycles. The number of hydrogen-bond donors (Lipinski definition) is 2. The fourth-order valence-corrected chi connectivity index (χ4v) is 5.69. The number of carbonyl (C=O) groups is 2. The van der Waals surface area contributed by atoms with E-state index in [0.717, 1.165) is 27.2 Å². The summed E-state index contributed by atoms with van der Waals surface area (Å²) in [6.45, 7) is 2.16. The molecule has 0 bridgehead atoms. The number of aromatic nitrogens is 1. The van der Waals surface area contributed by atoms with Crippen molar-refractivity contribution in [3.8, 4) is 0 Å². The van der Waals surface area contributed by atoms with Crippen LogP contribution in [0.4, 0.5) is 4.79 Å². The van der Waals surface area contributed by atoms with Crippen molar-refractivity contribution in [2.45, 2.75) is 34.2 Å². The van der Waals surface area contributed by atoms with Gasteiger partial charge < -0.3 is 5.32 Å². The molecule has 2 saturated heterocycles. The second-order valence-corrected chi connectivity index (χ2v) is 9.14. The van der Waals surface area contributed by atoms with Crippen LogP contribution >= 0.6 is 34.7 Å². The molecule has 0 radical (unpaired) electrons. The molecule has 6 nitrogen and oxygen atoms in total. The Balaban J connectivity index is 1.38. The SMILES string of the molecule is O=C1NC(=O)C2(CCN(Cc3sc(Sc4ccccc4)nc3Cl)CC2)N1. The molecule has 0 saturated carbocycles. The Labute approximate surface area is 164 Å². The predicted octanol–water partition coefficient (Wildman–Crippen LogP) is 3.12. The maximum Gasteiger partial charge on any atom is 0.322 e. The minimum Gasteiger partial charge on any atom is -0.323 e. The van der Waals surface area contributed by atoms with E-state index in [9.17, 15) is 9.59 Å². The molecule has 2 aromatic rings. The number of carbonyl (C=O) groups excluding carboxylic acids is 2. The monoisotopic (exact) mass is 408 g/mol. The number of rotatable bonds is 4. The van der Waals surface area contributed by atoms with Crippen LogP contribution in [0.25, 0.3) is 0 Å². The van der Waals surface area contributed by atoms with Gasteiger partial charge in [0, 0.05) is 24.5 Å². The van der Waals surface area contributed by atoms with Gasteiger partial charge in [-0.2, -0.15) is 0 Å². The van der Waals surface area contributed by atoms with Crippen LogP contribution in [0.5, 0.6) is 0 Å². The van der Waals surface area contributed by atoms with Gasteiger partial charge in [-0.05, 0) is 25.0 Å². The average molecular weight is 409 g/mol. The summed E-state index contributed by atoms with van der Waals surface area (Å²) in [6.07, 6.45) is 1.21. The summed E-state index contributed by atoms with van der Waals surface area (Å²) in [5, 5.41) is 5.66. The fraction of sp³-hybridized carbons (Fsp3) is 0.353. The Bertz CT molecular complexity index is 835. The van der Waals surface area contributed by atoms with Crippen molar-refractivity contribution in [1.82, 2.24) is 20.5 Å². The van der Waals surface area contributed by atoms with Crippen molar-refractivity contribution in [2.24, 2.45) is 0 Å². The lowest BCUT2D eigenvalue weighted by Crippen LogP contribution is -2.54. The van der Waals surface area contributed by atoms with Crippen molar-refractivity contribution in [2.75, 3.05) is 13.1 Å². The van der Waals surface area contributed by atoms with Gasteiger partial charge in [-0.15, -0.1) is 11.3 Å². The first kappa shape index (κ1) is 17.8. The highest BCUT2D eigenvalue weighted by Gasteiger charge is 2.47. The molecular weight excluding hydrogens is 392 g/mol. The highest BCUT2D eigenvalue weighted by Crippen LogP contribution is 2.36. The molecule has 3 amide bonds. The lowest BCUT2D eigenvalue weighted by atomic mass is 9.88. The lowest BCUT2D eigenvalue weighted by Gasteiger charge is -2.36. The maximum atomic E-state index is 12.0. The molecule has 4 rings (SSSR count). The number of benzene rings is 1. The summed E-state index contributed by atoms with van der Waals surface area (Å²) < 4.78 is 0.923. The highest BCUT2D eigenvalue weighted by atomic mass is 35.5. The molecule has 9 heteroatoms. The highest BCUT2D eigenvalue weighted by molar-refractivity contribution is 8.01. The Kier molecular flexibility index (Phi) is 4.92. The molecule has 1 aromatic heterocycles. The van der Waals surface area contributed by atoms with E-state index in [1.807, 2.05) is 30.3 Å².